The first-order valence-corrected chi connectivity index (χ1v) is 16.6. The molecule has 0 saturated carbocycles. The third kappa shape index (κ3) is 6.65. The fraction of sp³-hybridized carbons (Fsp3) is 0.333. The molecule has 0 spiro atoms. The molecule has 4 heterocycles. The molecule has 1 saturated heterocycles. The number of hydrogen-bond acceptors (Lipinski definition) is 9. The van der Waals surface area contributed by atoms with Gasteiger partial charge in [-0.1, -0.05) is 18.3 Å². The van der Waals surface area contributed by atoms with Crippen LogP contribution in [0.1, 0.15) is 42.8 Å². The molecule has 13 heteroatoms. The summed E-state index contributed by atoms with van der Waals surface area (Å²) >= 11 is 2.43. The Morgan fingerprint density at radius 3 is 2.54 bits per heavy atom. The average molecular weight is 664 g/mol. The van der Waals surface area contributed by atoms with Gasteiger partial charge in [0, 0.05) is 52.3 Å². The number of fused-ring (bicyclic) bond motifs is 1. The largest absolute Gasteiger partial charge is 0.497 e. The van der Waals surface area contributed by atoms with Crippen LogP contribution in [-0.2, 0) is 13.1 Å². The van der Waals surface area contributed by atoms with E-state index < -0.39 is 11.9 Å². The smallest absolute Gasteiger partial charge is 0.435 e. The molecule has 46 heavy (non-hydrogen) atoms. The van der Waals surface area contributed by atoms with Crippen molar-refractivity contribution in [2.24, 2.45) is 11.0 Å². The fourth-order valence-electron chi connectivity index (χ4n) is 5.61. The maximum Gasteiger partial charge on any atom is 0.435 e. The van der Waals surface area contributed by atoms with E-state index in [2.05, 4.69) is 33.4 Å². The monoisotopic (exact) mass is 663 g/mol. The van der Waals surface area contributed by atoms with Gasteiger partial charge in [0.1, 0.15) is 27.4 Å². The van der Waals surface area contributed by atoms with E-state index in [-0.39, 0.29) is 15.6 Å². The molecular formula is C33H32F3N7OS2. The zero-order chi connectivity index (χ0) is 32.4. The number of nitrogens with one attached hydrogen (secondary N) is 1. The van der Waals surface area contributed by atoms with Crippen molar-refractivity contribution in [3.63, 3.8) is 0 Å². The Morgan fingerprint density at radius 2 is 1.87 bits per heavy atom. The number of hydrazone groups is 1. The number of aryl methyl sites for hydroxylation is 1. The summed E-state index contributed by atoms with van der Waals surface area (Å²) in [4.78, 5) is 11.9. The van der Waals surface area contributed by atoms with E-state index in [1.807, 2.05) is 24.4 Å². The summed E-state index contributed by atoms with van der Waals surface area (Å²) in [7, 11) is 1.54. The number of aromatic nitrogens is 3. The summed E-state index contributed by atoms with van der Waals surface area (Å²) in [6.45, 7) is 7.50. The van der Waals surface area contributed by atoms with E-state index in [1.54, 1.807) is 42.0 Å². The molecule has 0 amide bonds. The summed E-state index contributed by atoms with van der Waals surface area (Å²) in [5, 5.41) is 16.8. The number of hydrogen-bond donors (Lipinski definition) is 1. The third-order valence-electron chi connectivity index (χ3n) is 8.16. The standard InChI is InChI=1S/C33H32F3N7OS2/c1-4-43-18-26(25-15-22(7-10-27(25)43)31-38-23(19-45-31)17-42-13-11-20(2)12-14-42)30(33(34,35)36)40-41-32-39-29(28(16-37)46-32)21-5-8-24(44-3)9-6-21/h5-10,15,18-20H,4,11-14,17H2,1-3H3,(H,39,41)/b40-30-. The second kappa shape index (κ2) is 13.2. The van der Waals surface area contributed by atoms with Crippen molar-refractivity contribution in [2.45, 2.75) is 46.0 Å². The molecule has 0 radical (unpaired) electrons. The lowest BCUT2D eigenvalue weighted by Gasteiger charge is -2.29. The number of benzene rings is 2. The number of rotatable bonds is 9. The summed E-state index contributed by atoms with van der Waals surface area (Å²) in [6, 6.07) is 14.5. The topological polar surface area (TPSA) is 91.4 Å². The lowest BCUT2D eigenvalue weighted by molar-refractivity contribution is -0.0580. The van der Waals surface area contributed by atoms with Crippen molar-refractivity contribution in [3.05, 3.63) is 70.2 Å². The van der Waals surface area contributed by atoms with Gasteiger partial charge >= 0.3 is 6.18 Å². The van der Waals surface area contributed by atoms with Crippen LogP contribution in [0.15, 0.2) is 59.1 Å². The van der Waals surface area contributed by atoms with Crippen molar-refractivity contribution in [1.82, 2.24) is 19.4 Å². The Morgan fingerprint density at radius 1 is 1.13 bits per heavy atom. The summed E-state index contributed by atoms with van der Waals surface area (Å²) in [5.74, 6) is 1.37. The number of likely N-dealkylation sites (tertiary alicyclic amines) is 1. The van der Waals surface area contributed by atoms with Crippen LogP contribution in [0.4, 0.5) is 18.3 Å². The predicted octanol–water partition coefficient (Wildman–Crippen LogP) is 8.40. The number of nitriles is 1. The number of methoxy groups -OCH3 is 1. The minimum absolute atomic E-state index is 0.0506. The molecule has 5 aromatic rings. The second-order valence-corrected chi connectivity index (χ2v) is 13.1. The van der Waals surface area contributed by atoms with Crippen LogP contribution in [0.5, 0.6) is 5.75 Å². The Balaban J connectivity index is 1.32. The Kier molecular flexibility index (Phi) is 9.13. The molecule has 8 nitrogen and oxygen atoms in total. The predicted molar refractivity (Wildman–Crippen MR) is 177 cm³/mol. The van der Waals surface area contributed by atoms with Crippen LogP contribution in [0.25, 0.3) is 32.7 Å². The van der Waals surface area contributed by atoms with Crippen molar-refractivity contribution < 1.29 is 17.9 Å². The molecule has 0 unspecified atom stereocenters. The van der Waals surface area contributed by atoms with Crippen LogP contribution in [0.2, 0.25) is 0 Å². The highest BCUT2D eigenvalue weighted by molar-refractivity contribution is 7.16. The molecule has 1 N–H and O–H groups in total. The van der Waals surface area contributed by atoms with Crippen molar-refractivity contribution in [3.8, 4) is 33.6 Å². The SMILES string of the molecule is CCn1cc(/C(=N/Nc2nc(-c3ccc(OC)cc3)c(C#N)s2)C(F)(F)F)c2cc(-c3nc(CN4CCC(C)CC4)cs3)ccc21. The van der Waals surface area contributed by atoms with Crippen molar-refractivity contribution in [1.29, 1.82) is 5.26 Å². The van der Waals surface area contributed by atoms with Gasteiger partial charge in [0.05, 0.1) is 12.8 Å². The highest BCUT2D eigenvalue weighted by atomic mass is 32.1. The molecule has 1 aliphatic heterocycles. The number of anilines is 1. The van der Waals surface area contributed by atoms with E-state index in [4.69, 9.17) is 9.72 Å². The van der Waals surface area contributed by atoms with Crippen molar-refractivity contribution >= 4 is 44.4 Å². The first-order chi connectivity index (χ1) is 22.2. The number of piperidine rings is 1. The maximum atomic E-state index is 14.6. The first kappa shape index (κ1) is 31.7. The van der Waals surface area contributed by atoms with E-state index in [0.29, 0.717) is 34.5 Å². The Bertz CT molecular complexity index is 1910. The molecule has 1 fully saturated rings. The molecular weight excluding hydrogens is 632 g/mol. The van der Waals surface area contributed by atoms with Gasteiger partial charge in [0.2, 0.25) is 5.13 Å². The second-order valence-electron chi connectivity index (χ2n) is 11.3. The van der Waals surface area contributed by atoms with E-state index >= 15 is 0 Å². The lowest BCUT2D eigenvalue weighted by atomic mass is 9.99. The fourth-order valence-corrected chi connectivity index (χ4v) is 7.15. The molecule has 2 aromatic carbocycles. The van der Waals surface area contributed by atoms with Crippen LogP contribution in [0, 0.1) is 17.2 Å². The first-order valence-electron chi connectivity index (χ1n) is 14.9. The van der Waals surface area contributed by atoms with Crippen LogP contribution in [-0.4, -0.2) is 51.5 Å². The third-order valence-corrected chi connectivity index (χ3v) is 9.97. The van der Waals surface area contributed by atoms with Crippen LogP contribution >= 0.6 is 22.7 Å². The van der Waals surface area contributed by atoms with Gasteiger partial charge in [-0.25, -0.2) is 9.97 Å². The van der Waals surface area contributed by atoms with Crippen molar-refractivity contribution in [2.75, 3.05) is 25.6 Å². The number of nitrogens with zero attached hydrogens (tertiary/aromatic N) is 6. The normalized spacial score (nSPS) is 14.9. The minimum Gasteiger partial charge on any atom is -0.497 e. The Hall–Kier alpha value is -4.25. The van der Waals surface area contributed by atoms with Gasteiger partial charge in [-0.2, -0.15) is 23.5 Å². The molecule has 6 rings (SSSR count). The van der Waals surface area contributed by atoms with E-state index in [9.17, 15) is 18.4 Å². The maximum absolute atomic E-state index is 14.6. The molecule has 1 aliphatic rings. The summed E-state index contributed by atoms with van der Waals surface area (Å²) in [5.41, 5.74) is 4.74. The highest BCUT2D eigenvalue weighted by Crippen LogP contribution is 2.35. The number of halogens is 3. The van der Waals surface area contributed by atoms with Gasteiger partial charge < -0.3 is 9.30 Å². The Labute approximate surface area is 272 Å². The number of alkyl halides is 3. The number of thiazole rings is 2. The van der Waals surface area contributed by atoms with Gasteiger partial charge in [0.15, 0.2) is 5.71 Å². The average Bonchev–Trinajstić information content (AvgIpc) is 3.79. The van der Waals surface area contributed by atoms with Gasteiger partial charge in [-0.15, -0.1) is 11.3 Å². The summed E-state index contributed by atoms with van der Waals surface area (Å²) in [6.07, 6.45) is -0.938. The van der Waals surface area contributed by atoms with Gasteiger partial charge in [-0.3, -0.25) is 10.3 Å². The zero-order valence-electron chi connectivity index (χ0n) is 25.6. The van der Waals surface area contributed by atoms with E-state index in [0.717, 1.165) is 53.2 Å². The van der Waals surface area contributed by atoms with E-state index in [1.165, 1.54) is 30.4 Å². The molecule has 238 valence electrons. The van der Waals surface area contributed by atoms with Crippen LogP contribution < -0.4 is 10.2 Å². The molecule has 0 atom stereocenters. The van der Waals surface area contributed by atoms with Crippen LogP contribution in [0.3, 0.4) is 0 Å². The molecule has 0 bridgehead atoms. The van der Waals surface area contributed by atoms with Gasteiger partial charge in [-0.05, 0) is 81.2 Å². The quantitative estimate of drug-likeness (QED) is 0.126. The highest BCUT2D eigenvalue weighted by Gasteiger charge is 2.39. The minimum atomic E-state index is -4.77. The lowest BCUT2D eigenvalue weighted by Crippen LogP contribution is -2.32. The summed E-state index contributed by atoms with van der Waals surface area (Å²) < 4.78 is 50.9. The molecule has 0 aliphatic carbocycles. The number of ether oxygens (including phenoxy) is 1. The van der Waals surface area contributed by atoms with Gasteiger partial charge in [0.25, 0.3) is 0 Å². The molecule has 3 aromatic heterocycles. The zero-order valence-corrected chi connectivity index (χ0v) is 27.2.